The largest absolute Gasteiger partial charge is 0.382 e. The van der Waals surface area contributed by atoms with Crippen molar-refractivity contribution in [3.8, 4) is 0 Å². The van der Waals surface area contributed by atoms with Crippen LogP contribution in [0, 0.1) is 16.0 Å². The van der Waals surface area contributed by atoms with Crippen LogP contribution in [0.5, 0.6) is 0 Å². The summed E-state index contributed by atoms with van der Waals surface area (Å²) >= 11 is 0. The van der Waals surface area contributed by atoms with Crippen molar-refractivity contribution in [3.05, 3.63) is 33.9 Å². The minimum atomic E-state index is -0.339. The Labute approximate surface area is 125 Å². The summed E-state index contributed by atoms with van der Waals surface area (Å²) in [7, 11) is 3.79. The number of anilines is 1. The molecule has 0 radical (unpaired) electrons. The van der Waals surface area contributed by atoms with Crippen molar-refractivity contribution in [2.75, 3.05) is 39.2 Å². The molecule has 1 aromatic carbocycles. The first-order chi connectivity index (χ1) is 10.1. The third-order valence-corrected chi connectivity index (χ3v) is 3.93. The van der Waals surface area contributed by atoms with Crippen LogP contribution in [0.2, 0.25) is 0 Å². The molecule has 1 N–H and O–H groups in total. The highest BCUT2D eigenvalue weighted by molar-refractivity contribution is 5.66. The van der Waals surface area contributed by atoms with E-state index in [1.54, 1.807) is 13.1 Å². The van der Waals surface area contributed by atoms with Crippen molar-refractivity contribution in [1.82, 2.24) is 4.90 Å². The number of hydrogen-bond acceptors (Lipinski definition) is 5. The molecule has 116 valence electrons. The third kappa shape index (κ3) is 4.15. The van der Waals surface area contributed by atoms with E-state index in [1.165, 1.54) is 6.07 Å². The summed E-state index contributed by atoms with van der Waals surface area (Å²) in [5, 5.41) is 14.0. The number of nitro groups is 1. The lowest BCUT2D eigenvalue weighted by atomic mass is 9.99. The Kier molecular flexibility index (Phi) is 5.52. The van der Waals surface area contributed by atoms with Crippen LogP contribution in [0.15, 0.2) is 18.2 Å². The van der Waals surface area contributed by atoms with E-state index in [1.807, 2.05) is 6.07 Å². The van der Waals surface area contributed by atoms with E-state index >= 15 is 0 Å². The lowest BCUT2D eigenvalue weighted by Gasteiger charge is -2.27. The number of nitrogens with one attached hydrogen (secondary N) is 1. The Bertz CT molecular complexity index is 487. The number of benzene rings is 1. The van der Waals surface area contributed by atoms with Gasteiger partial charge >= 0.3 is 0 Å². The van der Waals surface area contributed by atoms with Gasteiger partial charge in [0.2, 0.25) is 0 Å². The molecule has 1 fully saturated rings. The Hall–Kier alpha value is -1.66. The lowest BCUT2D eigenvalue weighted by Crippen LogP contribution is -2.29. The third-order valence-electron chi connectivity index (χ3n) is 3.93. The smallest absolute Gasteiger partial charge is 0.292 e. The molecule has 0 atom stereocenters. The van der Waals surface area contributed by atoms with E-state index in [0.717, 1.165) is 38.2 Å². The van der Waals surface area contributed by atoms with Gasteiger partial charge in [-0.2, -0.15) is 0 Å². The van der Waals surface area contributed by atoms with Crippen molar-refractivity contribution in [2.45, 2.75) is 19.4 Å². The molecule has 6 nitrogen and oxygen atoms in total. The second-order valence-corrected chi connectivity index (χ2v) is 5.57. The van der Waals surface area contributed by atoms with Gasteiger partial charge in [-0.05, 0) is 31.4 Å². The summed E-state index contributed by atoms with van der Waals surface area (Å²) in [6.45, 7) is 3.39. The zero-order chi connectivity index (χ0) is 15.2. The molecule has 6 heteroatoms. The predicted octanol–water partition coefficient (Wildman–Crippen LogP) is 2.49. The average molecular weight is 293 g/mol. The average Bonchev–Trinajstić information content (AvgIpc) is 2.47. The predicted molar refractivity (Wildman–Crippen MR) is 82.5 cm³/mol. The zero-order valence-electron chi connectivity index (χ0n) is 12.7. The van der Waals surface area contributed by atoms with Crippen molar-refractivity contribution < 1.29 is 9.66 Å². The summed E-state index contributed by atoms with van der Waals surface area (Å²) in [5.41, 5.74) is 1.71. The van der Waals surface area contributed by atoms with Crippen LogP contribution in [0.1, 0.15) is 18.4 Å². The van der Waals surface area contributed by atoms with E-state index < -0.39 is 0 Å². The monoisotopic (exact) mass is 293 g/mol. The summed E-state index contributed by atoms with van der Waals surface area (Å²) < 4.78 is 5.37. The van der Waals surface area contributed by atoms with Crippen LogP contribution in [0.25, 0.3) is 0 Å². The second kappa shape index (κ2) is 7.38. The Morgan fingerprint density at radius 3 is 2.76 bits per heavy atom. The Morgan fingerprint density at radius 2 is 2.14 bits per heavy atom. The summed E-state index contributed by atoms with van der Waals surface area (Å²) in [6.07, 6.45) is 2.19. The number of hydrogen-bond donors (Lipinski definition) is 1. The molecule has 21 heavy (non-hydrogen) atoms. The quantitative estimate of drug-likeness (QED) is 0.644. The molecule has 0 unspecified atom stereocenters. The van der Waals surface area contributed by atoms with Crippen molar-refractivity contribution in [1.29, 1.82) is 0 Å². The van der Waals surface area contributed by atoms with Crippen LogP contribution in [-0.2, 0) is 11.3 Å². The first kappa shape index (κ1) is 15.7. The highest BCUT2D eigenvalue weighted by atomic mass is 16.6. The maximum atomic E-state index is 11.1. The van der Waals surface area contributed by atoms with E-state index in [0.29, 0.717) is 18.2 Å². The van der Waals surface area contributed by atoms with Gasteiger partial charge in [-0.1, -0.05) is 12.1 Å². The number of nitro benzene ring substituents is 1. The molecule has 0 saturated carbocycles. The zero-order valence-corrected chi connectivity index (χ0v) is 12.7. The molecule has 0 spiro atoms. The van der Waals surface area contributed by atoms with Gasteiger partial charge in [-0.15, -0.1) is 0 Å². The topological polar surface area (TPSA) is 67.6 Å². The van der Waals surface area contributed by atoms with Gasteiger partial charge in [-0.3, -0.25) is 10.1 Å². The maximum absolute atomic E-state index is 11.1. The van der Waals surface area contributed by atoms with Crippen molar-refractivity contribution in [3.63, 3.8) is 0 Å². The minimum absolute atomic E-state index is 0.134. The van der Waals surface area contributed by atoms with Gasteiger partial charge in [0, 0.05) is 39.4 Å². The summed E-state index contributed by atoms with van der Waals surface area (Å²) in [6, 6.07) is 5.23. The van der Waals surface area contributed by atoms with Gasteiger partial charge < -0.3 is 15.0 Å². The molecular formula is C15H23N3O3. The molecule has 0 aliphatic carbocycles. The van der Waals surface area contributed by atoms with Gasteiger partial charge in [0.1, 0.15) is 5.69 Å². The van der Waals surface area contributed by atoms with Crippen LogP contribution >= 0.6 is 0 Å². The SMILES string of the molecule is CNc1c(CN(C)CC2CCOCC2)cccc1[N+](=O)[O-]. The standard InChI is InChI=1S/C15H23N3O3/c1-16-15-13(4-3-5-14(15)18(19)20)11-17(2)10-12-6-8-21-9-7-12/h3-5,12,16H,6-11H2,1-2H3. The van der Waals surface area contributed by atoms with Gasteiger partial charge in [0.25, 0.3) is 5.69 Å². The summed E-state index contributed by atoms with van der Waals surface area (Å²) in [5.74, 6) is 0.653. The second-order valence-electron chi connectivity index (χ2n) is 5.57. The lowest BCUT2D eigenvalue weighted by molar-refractivity contribution is -0.384. The number of nitrogens with zero attached hydrogens (tertiary/aromatic N) is 2. The molecule has 1 saturated heterocycles. The molecule has 1 aliphatic heterocycles. The molecule has 0 aromatic heterocycles. The van der Waals surface area contributed by atoms with E-state index in [-0.39, 0.29) is 10.6 Å². The first-order valence-corrected chi connectivity index (χ1v) is 7.32. The first-order valence-electron chi connectivity index (χ1n) is 7.32. The summed E-state index contributed by atoms with van der Waals surface area (Å²) in [4.78, 5) is 13.0. The van der Waals surface area contributed by atoms with Crippen LogP contribution in [0.3, 0.4) is 0 Å². The normalized spacial score (nSPS) is 16.1. The highest BCUT2D eigenvalue weighted by Gasteiger charge is 2.19. The fraction of sp³-hybridized carbons (Fsp3) is 0.600. The van der Waals surface area contributed by atoms with Crippen molar-refractivity contribution >= 4 is 11.4 Å². The molecule has 1 aromatic rings. The molecule has 0 bridgehead atoms. The molecular weight excluding hydrogens is 270 g/mol. The van der Waals surface area contributed by atoms with Crippen molar-refractivity contribution in [2.24, 2.45) is 5.92 Å². The molecule has 0 amide bonds. The highest BCUT2D eigenvalue weighted by Crippen LogP contribution is 2.29. The molecule has 2 rings (SSSR count). The Balaban J connectivity index is 2.04. The molecule has 1 heterocycles. The fourth-order valence-corrected chi connectivity index (χ4v) is 2.88. The number of rotatable bonds is 6. The van der Waals surface area contributed by atoms with Crippen LogP contribution < -0.4 is 5.32 Å². The van der Waals surface area contributed by atoms with Gasteiger partial charge in [0.05, 0.1) is 4.92 Å². The van der Waals surface area contributed by atoms with Crippen LogP contribution in [0.4, 0.5) is 11.4 Å². The van der Waals surface area contributed by atoms with E-state index in [4.69, 9.17) is 4.74 Å². The van der Waals surface area contributed by atoms with Gasteiger partial charge in [0.15, 0.2) is 0 Å². The number of para-hydroxylation sites is 1. The Morgan fingerprint density at radius 1 is 1.43 bits per heavy atom. The fourth-order valence-electron chi connectivity index (χ4n) is 2.88. The van der Waals surface area contributed by atoms with Crippen LogP contribution in [-0.4, -0.2) is 43.7 Å². The minimum Gasteiger partial charge on any atom is -0.382 e. The van der Waals surface area contributed by atoms with Gasteiger partial charge in [-0.25, -0.2) is 0 Å². The van der Waals surface area contributed by atoms with E-state index in [9.17, 15) is 10.1 Å². The molecule has 1 aliphatic rings. The maximum Gasteiger partial charge on any atom is 0.292 e. The van der Waals surface area contributed by atoms with E-state index in [2.05, 4.69) is 17.3 Å². The number of ether oxygens (including phenoxy) is 1.